The summed E-state index contributed by atoms with van der Waals surface area (Å²) in [6.07, 6.45) is 0. The number of aryl methyl sites for hydroxylation is 1. The largest absolute Gasteiger partial charge is 0.284 e. The van der Waals surface area contributed by atoms with Gasteiger partial charge in [0.2, 0.25) is 0 Å². The molecule has 0 atom stereocenters. The lowest BCUT2D eigenvalue weighted by Crippen LogP contribution is -1.98. The fraction of sp³-hybridized carbons (Fsp3) is 0.143. The van der Waals surface area contributed by atoms with Gasteiger partial charge in [0.1, 0.15) is 0 Å². The molecule has 0 heterocycles. The Kier molecular flexibility index (Phi) is 3.11. The Hall–Kier alpha value is 0.320. The molecule has 0 saturated carbocycles. The average Bonchev–Trinajstić information content (AvgIpc) is 1.83. The van der Waals surface area contributed by atoms with Crippen LogP contribution in [0.15, 0.2) is 18.2 Å². The lowest BCUT2D eigenvalue weighted by Gasteiger charge is -2.04. The number of rotatable bonds is 1. The van der Waals surface area contributed by atoms with Gasteiger partial charge < -0.3 is 0 Å². The summed E-state index contributed by atoms with van der Waals surface area (Å²) in [6.45, 7) is 1.88. The molecule has 0 spiro atoms. The molecular formula is C7H6Cl3OP. The van der Waals surface area contributed by atoms with Crippen molar-refractivity contribution in [3.8, 4) is 0 Å². The molecule has 0 bridgehead atoms. The van der Waals surface area contributed by atoms with Gasteiger partial charge in [-0.2, -0.15) is 0 Å². The predicted molar refractivity (Wildman–Crippen MR) is 55.1 cm³/mol. The molecule has 66 valence electrons. The van der Waals surface area contributed by atoms with Crippen molar-refractivity contribution in [2.45, 2.75) is 6.92 Å². The topological polar surface area (TPSA) is 17.1 Å². The molecule has 0 radical (unpaired) electrons. The molecule has 1 rings (SSSR count). The van der Waals surface area contributed by atoms with E-state index in [1.165, 1.54) is 0 Å². The summed E-state index contributed by atoms with van der Waals surface area (Å²) in [5.41, 5.74) is 0.977. The van der Waals surface area contributed by atoms with E-state index in [1.807, 2.05) is 6.92 Å². The molecule has 0 unspecified atom stereocenters. The Morgan fingerprint density at radius 2 is 1.92 bits per heavy atom. The minimum absolute atomic E-state index is 0.304. The molecule has 0 aliphatic rings. The minimum atomic E-state index is -3.26. The third kappa shape index (κ3) is 2.40. The molecule has 0 amide bonds. The van der Waals surface area contributed by atoms with E-state index in [1.54, 1.807) is 18.2 Å². The molecule has 0 saturated heterocycles. The maximum absolute atomic E-state index is 11.2. The van der Waals surface area contributed by atoms with Crippen LogP contribution in [-0.2, 0) is 4.57 Å². The lowest BCUT2D eigenvalue weighted by molar-refractivity contribution is 0.597. The van der Waals surface area contributed by atoms with Gasteiger partial charge in [-0.05, 0) is 47.1 Å². The lowest BCUT2D eigenvalue weighted by atomic mass is 10.2. The van der Waals surface area contributed by atoms with Gasteiger partial charge in [-0.25, -0.2) is 0 Å². The summed E-state index contributed by atoms with van der Waals surface area (Å²) in [7, 11) is 0. The van der Waals surface area contributed by atoms with Gasteiger partial charge in [0.05, 0.1) is 10.3 Å². The summed E-state index contributed by atoms with van der Waals surface area (Å²) in [5.74, 6) is -3.26. The first kappa shape index (κ1) is 10.4. The molecule has 1 nitrogen and oxygen atoms in total. The quantitative estimate of drug-likeness (QED) is 0.683. The van der Waals surface area contributed by atoms with Crippen LogP contribution in [-0.4, -0.2) is 0 Å². The maximum Gasteiger partial charge on any atom is 0.283 e. The van der Waals surface area contributed by atoms with Crippen LogP contribution >= 0.6 is 39.9 Å². The van der Waals surface area contributed by atoms with E-state index in [-0.39, 0.29) is 0 Å². The molecule has 5 heteroatoms. The van der Waals surface area contributed by atoms with Crippen molar-refractivity contribution in [2.24, 2.45) is 0 Å². The SMILES string of the molecule is Cc1ccc(P(=O)(Cl)Cl)c(Cl)c1. The zero-order valence-corrected chi connectivity index (χ0v) is 9.38. The molecule has 0 fully saturated rings. The molecule has 0 aromatic heterocycles. The van der Waals surface area contributed by atoms with E-state index in [9.17, 15) is 4.57 Å². The van der Waals surface area contributed by atoms with Crippen LogP contribution < -0.4 is 5.30 Å². The van der Waals surface area contributed by atoms with Crippen LogP contribution in [0, 0.1) is 6.92 Å². The Labute approximate surface area is 85.6 Å². The van der Waals surface area contributed by atoms with Gasteiger partial charge in [-0.15, -0.1) is 0 Å². The van der Waals surface area contributed by atoms with E-state index in [2.05, 4.69) is 0 Å². The first-order valence-electron chi connectivity index (χ1n) is 3.17. The van der Waals surface area contributed by atoms with Crippen molar-refractivity contribution >= 4 is 45.2 Å². The van der Waals surface area contributed by atoms with E-state index in [4.69, 9.17) is 34.1 Å². The van der Waals surface area contributed by atoms with Gasteiger partial charge in [0, 0.05) is 0 Å². The molecule has 1 aromatic rings. The molecule has 0 N–H and O–H groups in total. The van der Waals surface area contributed by atoms with E-state index in [0.29, 0.717) is 10.3 Å². The third-order valence-electron chi connectivity index (χ3n) is 1.38. The number of hydrogen-bond acceptors (Lipinski definition) is 1. The number of halogens is 3. The predicted octanol–water partition coefficient (Wildman–Crippen LogP) is 3.94. The van der Waals surface area contributed by atoms with Crippen molar-refractivity contribution in [3.63, 3.8) is 0 Å². The normalized spacial score (nSPS) is 11.7. The highest BCUT2D eigenvalue weighted by atomic mass is 35.9. The average molecular weight is 243 g/mol. The van der Waals surface area contributed by atoms with E-state index < -0.39 is 5.85 Å². The van der Waals surface area contributed by atoms with Crippen molar-refractivity contribution < 1.29 is 4.57 Å². The van der Waals surface area contributed by atoms with Gasteiger partial charge in [0.25, 0.3) is 5.85 Å². The molecule has 12 heavy (non-hydrogen) atoms. The number of hydrogen-bond donors (Lipinski definition) is 0. The van der Waals surface area contributed by atoms with E-state index in [0.717, 1.165) is 5.56 Å². The Bertz CT molecular complexity index is 345. The zero-order valence-electron chi connectivity index (χ0n) is 6.22. The van der Waals surface area contributed by atoms with E-state index >= 15 is 0 Å². The summed E-state index contributed by atoms with van der Waals surface area (Å²) in [4.78, 5) is 0. The van der Waals surface area contributed by atoms with Crippen LogP contribution in [0.3, 0.4) is 0 Å². The van der Waals surface area contributed by atoms with Crippen LogP contribution in [0.2, 0.25) is 5.02 Å². The fourth-order valence-corrected chi connectivity index (χ4v) is 3.12. The minimum Gasteiger partial charge on any atom is -0.284 e. The summed E-state index contributed by atoms with van der Waals surface area (Å²) in [5, 5.41) is 0.654. The van der Waals surface area contributed by atoms with Crippen molar-refractivity contribution in [1.82, 2.24) is 0 Å². The second-order valence-corrected chi connectivity index (χ2v) is 7.61. The highest BCUT2D eigenvalue weighted by Gasteiger charge is 2.20. The Morgan fingerprint density at radius 1 is 1.33 bits per heavy atom. The molecular weight excluding hydrogens is 237 g/mol. The van der Waals surface area contributed by atoms with Gasteiger partial charge in [-0.3, -0.25) is 4.57 Å². The Balaban J connectivity index is 3.28. The highest BCUT2D eigenvalue weighted by Crippen LogP contribution is 2.56. The summed E-state index contributed by atoms with van der Waals surface area (Å²) in [6, 6.07) is 5.02. The first-order chi connectivity index (χ1) is 5.41. The maximum atomic E-state index is 11.2. The standard InChI is InChI=1S/C7H6Cl3OP/c1-5-2-3-7(6(8)4-5)12(9,10)11/h2-4H,1H3. The zero-order chi connectivity index (χ0) is 9.35. The number of benzene rings is 1. The van der Waals surface area contributed by atoms with Crippen molar-refractivity contribution in [2.75, 3.05) is 0 Å². The van der Waals surface area contributed by atoms with Crippen LogP contribution in [0.1, 0.15) is 5.56 Å². The molecule has 0 aliphatic heterocycles. The Morgan fingerprint density at radius 3 is 2.33 bits per heavy atom. The highest BCUT2D eigenvalue weighted by molar-refractivity contribution is 8.13. The molecule has 0 aliphatic carbocycles. The monoisotopic (exact) mass is 242 g/mol. The third-order valence-corrected chi connectivity index (χ3v) is 3.87. The van der Waals surface area contributed by atoms with Gasteiger partial charge in [-0.1, -0.05) is 17.7 Å². The van der Waals surface area contributed by atoms with Gasteiger partial charge >= 0.3 is 0 Å². The van der Waals surface area contributed by atoms with Crippen molar-refractivity contribution in [3.05, 3.63) is 28.8 Å². The van der Waals surface area contributed by atoms with Crippen molar-refractivity contribution in [1.29, 1.82) is 0 Å². The van der Waals surface area contributed by atoms with Gasteiger partial charge in [0.15, 0.2) is 0 Å². The summed E-state index contributed by atoms with van der Waals surface area (Å²) >= 11 is 16.7. The second-order valence-electron chi connectivity index (χ2n) is 2.42. The smallest absolute Gasteiger partial charge is 0.283 e. The fourth-order valence-electron chi connectivity index (χ4n) is 0.823. The van der Waals surface area contributed by atoms with Crippen LogP contribution in [0.5, 0.6) is 0 Å². The second kappa shape index (κ2) is 3.59. The van der Waals surface area contributed by atoms with Crippen LogP contribution in [0.25, 0.3) is 0 Å². The first-order valence-corrected chi connectivity index (χ1v) is 7.07. The van der Waals surface area contributed by atoms with Crippen LogP contribution in [0.4, 0.5) is 0 Å². The summed E-state index contributed by atoms with van der Waals surface area (Å²) < 4.78 is 11.2. The molecule has 1 aromatic carbocycles.